The van der Waals surface area contributed by atoms with Gasteiger partial charge >= 0.3 is 6.36 Å². The van der Waals surface area contributed by atoms with Crippen LogP contribution >= 0.6 is 0 Å². The highest BCUT2D eigenvalue weighted by Gasteiger charge is 2.37. The molecule has 0 spiro atoms. The average Bonchev–Trinajstić information content (AvgIpc) is 2.97. The zero-order valence-electron chi connectivity index (χ0n) is 21.4. The molecule has 1 unspecified atom stereocenters. The summed E-state index contributed by atoms with van der Waals surface area (Å²) in [6.07, 6.45) is 1.99. The van der Waals surface area contributed by atoms with Crippen LogP contribution in [0.2, 0.25) is 0 Å². The number of alkyl halides is 3. The molecule has 1 aliphatic heterocycles. The van der Waals surface area contributed by atoms with Gasteiger partial charge in [-0.05, 0) is 81.5 Å². The molecule has 202 valence electrons. The number of nitrogens with zero attached hydrogens (tertiary/aromatic N) is 2. The lowest BCUT2D eigenvalue weighted by Crippen LogP contribution is -2.54. The Bertz CT molecular complexity index is 1050. The van der Waals surface area contributed by atoms with Gasteiger partial charge in [0, 0.05) is 50.2 Å². The fourth-order valence-electron chi connectivity index (χ4n) is 4.42. The van der Waals surface area contributed by atoms with Gasteiger partial charge in [-0.2, -0.15) is 0 Å². The van der Waals surface area contributed by atoms with E-state index in [0.29, 0.717) is 5.92 Å². The van der Waals surface area contributed by atoms with Crippen LogP contribution in [0.15, 0.2) is 42.6 Å². The Morgan fingerprint density at radius 2 is 1.76 bits per heavy atom. The van der Waals surface area contributed by atoms with Crippen molar-refractivity contribution in [2.45, 2.75) is 77.2 Å². The SMILES string of the molecule is CC(=O)N(Cc1ccnc(C2CCCCOCCC2)c1)C(C)(C)C(=O)Nc1ccc(OC(F)(F)F)cc1. The van der Waals surface area contributed by atoms with E-state index in [1.165, 1.54) is 24.0 Å². The predicted molar refractivity (Wildman–Crippen MR) is 133 cm³/mol. The molecule has 0 radical (unpaired) electrons. The van der Waals surface area contributed by atoms with Crippen molar-refractivity contribution in [2.24, 2.45) is 0 Å². The number of carbonyl (C=O) groups excluding carboxylic acids is 2. The summed E-state index contributed by atoms with van der Waals surface area (Å²) in [5, 5.41) is 2.68. The van der Waals surface area contributed by atoms with Gasteiger partial charge in [0.2, 0.25) is 11.8 Å². The number of amides is 2. The van der Waals surface area contributed by atoms with E-state index in [2.05, 4.69) is 15.0 Å². The Morgan fingerprint density at radius 1 is 1.08 bits per heavy atom. The number of benzene rings is 1. The van der Waals surface area contributed by atoms with Crippen LogP contribution in [0.4, 0.5) is 18.9 Å². The van der Waals surface area contributed by atoms with Crippen LogP contribution in [0.25, 0.3) is 0 Å². The maximum Gasteiger partial charge on any atom is 0.573 e. The average molecular weight is 522 g/mol. The summed E-state index contributed by atoms with van der Waals surface area (Å²) in [5.41, 5.74) is 0.884. The van der Waals surface area contributed by atoms with E-state index in [9.17, 15) is 22.8 Å². The van der Waals surface area contributed by atoms with E-state index in [4.69, 9.17) is 4.74 Å². The molecule has 3 rings (SSSR count). The van der Waals surface area contributed by atoms with Gasteiger partial charge in [-0.3, -0.25) is 14.6 Å². The highest BCUT2D eigenvalue weighted by atomic mass is 19.4. The normalized spacial score (nSPS) is 17.2. The van der Waals surface area contributed by atoms with Crippen LogP contribution in [-0.4, -0.2) is 46.8 Å². The maximum absolute atomic E-state index is 13.2. The van der Waals surface area contributed by atoms with Crippen LogP contribution in [0.3, 0.4) is 0 Å². The molecule has 0 saturated carbocycles. The van der Waals surface area contributed by atoms with Crippen molar-refractivity contribution in [1.29, 1.82) is 0 Å². The molecule has 1 aliphatic rings. The van der Waals surface area contributed by atoms with Gasteiger partial charge in [-0.1, -0.05) is 6.42 Å². The summed E-state index contributed by atoms with van der Waals surface area (Å²) in [6.45, 7) is 6.40. The molecule has 1 saturated heterocycles. The molecule has 1 atom stereocenters. The van der Waals surface area contributed by atoms with Crippen LogP contribution < -0.4 is 10.1 Å². The first-order valence-corrected chi connectivity index (χ1v) is 12.4. The zero-order chi connectivity index (χ0) is 27.1. The molecule has 7 nitrogen and oxygen atoms in total. The molecule has 2 amide bonds. The molecular formula is C27H34F3N3O4. The number of hydrogen-bond acceptors (Lipinski definition) is 5. The summed E-state index contributed by atoms with van der Waals surface area (Å²) in [6, 6.07) is 8.69. The summed E-state index contributed by atoms with van der Waals surface area (Å²) in [4.78, 5) is 31.9. The molecule has 1 N–H and O–H groups in total. The Kier molecular flexibility index (Phi) is 9.53. The monoisotopic (exact) mass is 521 g/mol. The number of ether oxygens (including phenoxy) is 2. The van der Waals surface area contributed by atoms with Gasteiger partial charge in [0.15, 0.2) is 0 Å². The number of rotatable bonds is 7. The van der Waals surface area contributed by atoms with Crippen molar-refractivity contribution in [3.05, 3.63) is 53.9 Å². The maximum atomic E-state index is 13.2. The van der Waals surface area contributed by atoms with E-state index in [1.807, 2.05) is 12.1 Å². The van der Waals surface area contributed by atoms with Crippen molar-refractivity contribution in [2.75, 3.05) is 18.5 Å². The fourth-order valence-corrected chi connectivity index (χ4v) is 4.42. The Labute approximate surface area is 215 Å². The fraction of sp³-hybridized carbons (Fsp3) is 0.519. The minimum atomic E-state index is -4.80. The van der Waals surface area contributed by atoms with Gasteiger partial charge in [0.1, 0.15) is 11.3 Å². The van der Waals surface area contributed by atoms with Crippen molar-refractivity contribution in [3.8, 4) is 5.75 Å². The van der Waals surface area contributed by atoms with E-state index >= 15 is 0 Å². The lowest BCUT2D eigenvalue weighted by atomic mass is 9.92. The largest absolute Gasteiger partial charge is 0.573 e. The van der Waals surface area contributed by atoms with E-state index in [1.54, 1.807) is 20.0 Å². The lowest BCUT2D eigenvalue weighted by Gasteiger charge is -2.37. The van der Waals surface area contributed by atoms with Crippen molar-refractivity contribution in [1.82, 2.24) is 9.88 Å². The molecule has 1 aromatic carbocycles. The first kappa shape index (κ1) is 28.4. The summed E-state index contributed by atoms with van der Waals surface area (Å²) >= 11 is 0. The molecule has 1 aromatic heterocycles. The number of carbonyl (C=O) groups is 2. The molecule has 2 heterocycles. The van der Waals surface area contributed by atoms with E-state index in [0.717, 1.165) is 68.7 Å². The summed E-state index contributed by atoms with van der Waals surface area (Å²) in [7, 11) is 0. The number of pyridine rings is 1. The first-order chi connectivity index (χ1) is 17.5. The third-order valence-corrected chi connectivity index (χ3v) is 6.49. The summed E-state index contributed by atoms with van der Waals surface area (Å²) in [5.74, 6) is -0.839. The number of aromatic nitrogens is 1. The van der Waals surface area contributed by atoms with Crippen LogP contribution in [-0.2, 0) is 20.9 Å². The summed E-state index contributed by atoms with van der Waals surface area (Å²) < 4.78 is 46.7. The highest BCUT2D eigenvalue weighted by Crippen LogP contribution is 2.29. The number of anilines is 1. The van der Waals surface area contributed by atoms with Gasteiger partial charge in [0.05, 0.1) is 0 Å². The number of hydrogen-bond donors (Lipinski definition) is 1. The highest BCUT2D eigenvalue weighted by molar-refractivity contribution is 5.99. The van der Waals surface area contributed by atoms with Gasteiger partial charge in [-0.15, -0.1) is 13.2 Å². The molecule has 37 heavy (non-hydrogen) atoms. The van der Waals surface area contributed by atoms with Gasteiger partial charge in [-0.25, -0.2) is 0 Å². The van der Waals surface area contributed by atoms with Crippen molar-refractivity contribution >= 4 is 17.5 Å². The van der Waals surface area contributed by atoms with Gasteiger partial charge in [0.25, 0.3) is 0 Å². The number of halogens is 3. The topological polar surface area (TPSA) is 80.8 Å². The Morgan fingerprint density at radius 3 is 2.43 bits per heavy atom. The molecule has 1 fully saturated rings. The minimum absolute atomic E-state index is 0.208. The standard InChI is InChI=1S/C27H34F3N3O4/c1-19(34)33(18-20-13-14-31-24(17-20)21-7-4-5-15-36-16-6-8-21)26(2,3)25(35)32-22-9-11-23(12-10-22)37-27(28,29)30/h9-14,17,21H,4-8,15-16,18H2,1-3H3,(H,32,35). The van der Waals surface area contributed by atoms with Crippen molar-refractivity contribution in [3.63, 3.8) is 0 Å². The van der Waals surface area contributed by atoms with Crippen LogP contribution in [0.1, 0.15) is 70.1 Å². The molecule has 0 aliphatic carbocycles. The second kappa shape index (κ2) is 12.4. The molecule has 0 bridgehead atoms. The number of nitrogens with one attached hydrogen (secondary N) is 1. The third kappa shape index (κ3) is 8.45. The van der Waals surface area contributed by atoms with Gasteiger partial charge < -0.3 is 19.7 Å². The third-order valence-electron chi connectivity index (χ3n) is 6.49. The molecular weight excluding hydrogens is 487 g/mol. The smallest absolute Gasteiger partial charge is 0.406 e. The quantitative estimate of drug-likeness (QED) is 0.497. The van der Waals surface area contributed by atoms with E-state index in [-0.39, 0.29) is 18.1 Å². The van der Waals surface area contributed by atoms with E-state index < -0.39 is 23.6 Å². The minimum Gasteiger partial charge on any atom is -0.406 e. The Balaban J connectivity index is 1.72. The first-order valence-electron chi connectivity index (χ1n) is 12.4. The lowest BCUT2D eigenvalue weighted by molar-refractivity contribution is -0.274. The molecule has 2 aromatic rings. The van der Waals surface area contributed by atoms with Crippen LogP contribution in [0.5, 0.6) is 5.75 Å². The predicted octanol–water partition coefficient (Wildman–Crippen LogP) is 5.81. The van der Waals surface area contributed by atoms with Crippen LogP contribution in [0, 0.1) is 0 Å². The van der Waals surface area contributed by atoms with Crippen molar-refractivity contribution < 1.29 is 32.2 Å². The zero-order valence-corrected chi connectivity index (χ0v) is 21.4. The second-order valence-corrected chi connectivity index (χ2v) is 9.73. The Hall–Kier alpha value is -3.14. The molecule has 10 heteroatoms. The second-order valence-electron chi connectivity index (χ2n) is 9.73.